The van der Waals surface area contributed by atoms with E-state index in [1.807, 2.05) is 0 Å². The molecule has 0 saturated carbocycles. The van der Waals surface area contributed by atoms with E-state index in [1.54, 1.807) is 12.1 Å². The van der Waals surface area contributed by atoms with E-state index in [-0.39, 0.29) is 23.7 Å². The van der Waals surface area contributed by atoms with Gasteiger partial charge >= 0.3 is 5.97 Å². The van der Waals surface area contributed by atoms with Crippen molar-refractivity contribution in [2.75, 3.05) is 0 Å². The fourth-order valence-electron chi connectivity index (χ4n) is 1.48. The molecular formula is C11H8ClNO4. The Balaban J connectivity index is 0.00000144. The van der Waals surface area contributed by atoms with E-state index in [2.05, 4.69) is 0 Å². The number of carbonyl (C=O) groups is 1. The van der Waals surface area contributed by atoms with Crippen molar-refractivity contribution in [3.05, 3.63) is 52.1 Å². The molecule has 2 rings (SSSR count). The van der Waals surface area contributed by atoms with Crippen molar-refractivity contribution in [1.82, 2.24) is 0 Å². The molecule has 0 spiro atoms. The number of nitrogens with zero attached hydrogens (tertiary/aromatic N) is 1. The molecule has 0 bridgehead atoms. The van der Waals surface area contributed by atoms with Gasteiger partial charge in [0.15, 0.2) is 0 Å². The molecule has 17 heavy (non-hydrogen) atoms. The second-order valence-electron chi connectivity index (χ2n) is 3.31. The number of fused-ring (bicyclic) bond motifs is 1. The normalized spacial score (nSPS) is 9.65. The fourth-order valence-corrected chi connectivity index (χ4v) is 1.48. The monoisotopic (exact) mass is 253 g/mol. The largest absolute Gasteiger partial charge is 0.478 e. The van der Waals surface area contributed by atoms with Crippen LogP contribution in [0.25, 0.3) is 10.8 Å². The minimum atomic E-state index is -1.01. The Bertz CT molecular complexity index is 544. The van der Waals surface area contributed by atoms with Gasteiger partial charge in [-0.2, -0.15) is 0 Å². The maximum atomic E-state index is 10.7. The van der Waals surface area contributed by atoms with E-state index in [0.717, 1.165) is 0 Å². The molecule has 0 aliphatic heterocycles. The van der Waals surface area contributed by atoms with Crippen molar-refractivity contribution in [1.29, 1.82) is 0 Å². The van der Waals surface area contributed by atoms with Gasteiger partial charge in [0, 0.05) is 12.1 Å². The Morgan fingerprint density at radius 2 is 1.71 bits per heavy atom. The molecule has 88 valence electrons. The summed E-state index contributed by atoms with van der Waals surface area (Å²) in [6.45, 7) is 0. The van der Waals surface area contributed by atoms with Crippen molar-refractivity contribution < 1.29 is 14.8 Å². The third-order valence-electron chi connectivity index (χ3n) is 2.28. The minimum absolute atomic E-state index is 0. The highest BCUT2D eigenvalue weighted by atomic mass is 35.5. The molecule has 0 unspecified atom stereocenters. The number of non-ortho nitro benzene ring substituents is 1. The Morgan fingerprint density at radius 1 is 1.12 bits per heavy atom. The first-order valence-electron chi connectivity index (χ1n) is 4.49. The van der Waals surface area contributed by atoms with E-state index >= 15 is 0 Å². The van der Waals surface area contributed by atoms with Crippen molar-refractivity contribution >= 4 is 34.8 Å². The number of hydrogen-bond acceptors (Lipinski definition) is 3. The lowest BCUT2D eigenvalue weighted by Crippen LogP contribution is -1.95. The van der Waals surface area contributed by atoms with Crippen LogP contribution in [0.1, 0.15) is 10.4 Å². The van der Waals surface area contributed by atoms with Crippen LogP contribution in [0.5, 0.6) is 0 Å². The van der Waals surface area contributed by atoms with Crippen LogP contribution in [0.3, 0.4) is 0 Å². The zero-order chi connectivity index (χ0) is 11.7. The van der Waals surface area contributed by atoms with Crippen molar-refractivity contribution in [2.24, 2.45) is 0 Å². The molecule has 2 aromatic rings. The number of nitro benzene ring substituents is 1. The Hall–Kier alpha value is -2.14. The second-order valence-corrected chi connectivity index (χ2v) is 3.31. The predicted octanol–water partition coefficient (Wildman–Crippen LogP) is 2.87. The summed E-state index contributed by atoms with van der Waals surface area (Å²) in [6, 6.07) is 8.79. The van der Waals surface area contributed by atoms with Crippen LogP contribution in [-0.4, -0.2) is 16.0 Å². The van der Waals surface area contributed by atoms with Crippen LogP contribution in [-0.2, 0) is 0 Å². The number of aromatic carboxylic acids is 1. The van der Waals surface area contributed by atoms with E-state index in [4.69, 9.17) is 5.11 Å². The SMILES string of the molecule is Cl.O=C(O)c1ccc2cc([N+](=O)[O-])ccc2c1. The molecule has 5 nitrogen and oxygen atoms in total. The molecule has 2 aromatic carbocycles. The summed E-state index contributed by atoms with van der Waals surface area (Å²) >= 11 is 0. The Morgan fingerprint density at radius 3 is 2.29 bits per heavy atom. The van der Waals surface area contributed by atoms with Gasteiger partial charge in [-0.3, -0.25) is 10.1 Å². The Labute approximate surface area is 102 Å². The molecule has 0 fully saturated rings. The highest BCUT2D eigenvalue weighted by molar-refractivity contribution is 5.94. The number of hydrogen-bond donors (Lipinski definition) is 1. The van der Waals surface area contributed by atoms with Crippen molar-refractivity contribution in [3.63, 3.8) is 0 Å². The lowest BCUT2D eigenvalue weighted by atomic mass is 10.1. The highest BCUT2D eigenvalue weighted by Crippen LogP contribution is 2.21. The van der Waals surface area contributed by atoms with E-state index in [1.165, 1.54) is 24.3 Å². The van der Waals surface area contributed by atoms with Crippen LogP contribution >= 0.6 is 12.4 Å². The molecule has 0 aromatic heterocycles. The van der Waals surface area contributed by atoms with E-state index < -0.39 is 10.9 Å². The number of halogens is 1. The zero-order valence-electron chi connectivity index (χ0n) is 8.49. The lowest BCUT2D eigenvalue weighted by molar-refractivity contribution is -0.384. The summed E-state index contributed by atoms with van der Waals surface area (Å²) in [7, 11) is 0. The van der Waals surface area contributed by atoms with Gasteiger partial charge in [-0.1, -0.05) is 6.07 Å². The van der Waals surface area contributed by atoms with Gasteiger partial charge in [0.1, 0.15) is 0 Å². The standard InChI is InChI=1S/C11H7NO4.ClH/c13-11(14)9-2-1-8-6-10(12(15)16)4-3-7(8)5-9;/h1-6H,(H,13,14);1H. The van der Waals surface area contributed by atoms with Gasteiger partial charge in [-0.05, 0) is 29.0 Å². The van der Waals surface area contributed by atoms with Crippen LogP contribution in [0.4, 0.5) is 5.69 Å². The zero-order valence-corrected chi connectivity index (χ0v) is 9.31. The first-order valence-corrected chi connectivity index (χ1v) is 4.49. The van der Waals surface area contributed by atoms with Gasteiger partial charge in [0.25, 0.3) is 5.69 Å². The van der Waals surface area contributed by atoms with Crippen molar-refractivity contribution in [2.45, 2.75) is 0 Å². The van der Waals surface area contributed by atoms with Gasteiger partial charge in [0.05, 0.1) is 10.5 Å². The maximum absolute atomic E-state index is 10.7. The summed E-state index contributed by atoms with van der Waals surface area (Å²) in [6.07, 6.45) is 0. The predicted molar refractivity (Wildman–Crippen MR) is 64.8 cm³/mol. The third kappa shape index (κ3) is 2.51. The van der Waals surface area contributed by atoms with E-state index in [9.17, 15) is 14.9 Å². The highest BCUT2D eigenvalue weighted by Gasteiger charge is 2.08. The molecule has 0 aliphatic carbocycles. The fraction of sp³-hybridized carbons (Fsp3) is 0. The molecule has 0 atom stereocenters. The topological polar surface area (TPSA) is 80.4 Å². The molecule has 0 saturated heterocycles. The number of carboxylic acids is 1. The number of benzene rings is 2. The summed E-state index contributed by atoms with van der Waals surface area (Å²) in [5.74, 6) is -1.01. The van der Waals surface area contributed by atoms with E-state index in [0.29, 0.717) is 10.8 Å². The molecule has 0 amide bonds. The molecule has 0 radical (unpaired) electrons. The summed E-state index contributed by atoms with van der Waals surface area (Å²) < 4.78 is 0. The second kappa shape index (κ2) is 4.80. The number of carboxylic acid groups (broad SMARTS) is 1. The number of nitro groups is 1. The first-order chi connectivity index (χ1) is 7.58. The van der Waals surface area contributed by atoms with Gasteiger partial charge in [-0.25, -0.2) is 4.79 Å². The Kier molecular flexibility index (Phi) is 3.65. The summed E-state index contributed by atoms with van der Waals surface area (Å²) in [5.41, 5.74) is 0.164. The van der Waals surface area contributed by atoms with Crippen LogP contribution in [0.15, 0.2) is 36.4 Å². The van der Waals surface area contributed by atoms with Crippen molar-refractivity contribution in [3.8, 4) is 0 Å². The smallest absolute Gasteiger partial charge is 0.335 e. The number of rotatable bonds is 2. The summed E-state index contributed by atoms with van der Waals surface area (Å²) in [4.78, 5) is 20.8. The quantitative estimate of drug-likeness (QED) is 0.659. The van der Waals surface area contributed by atoms with Crippen LogP contribution in [0.2, 0.25) is 0 Å². The van der Waals surface area contributed by atoms with Gasteiger partial charge < -0.3 is 5.11 Å². The molecular weight excluding hydrogens is 246 g/mol. The molecule has 6 heteroatoms. The molecule has 0 aliphatic rings. The molecule has 1 N–H and O–H groups in total. The van der Waals surface area contributed by atoms with Gasteiger partial charge in [0.2, 0.25) is 0 Å². The lowest BCUT2D eigenvalue weighted by Gasteiger charge is -1.99. The third-order valence-corrected chi connectivity index (χ3v) is 2.28. The summed E-state index contributed by atoms with van der Waals surface area (Å²) in [5, 5.41) is 20.6. The van der Waals surface area contributed by atoms with Gasteiger partial charge in [-0.15, -0.1) is 12.4 Å². The first kappa shape index (κ1) is 12.9. The maximum Gasteiger partial charge on any atom is 0.335 e. The average molecular weight is 254 g/mol. The minimum Gasteiger partial charge on any atom is -0.478 e. The van der Waals surface area contributed by atoms with Crippen LogP contribution < -0.4 is 0 Å². The molecule has 0 heterocycles. The average Bonchev–Trinajstić information content (AvgIpc) is 2.27. The van der Waals surface area contributed by atoms with Crippen LogP contribution in [0, 0.1) is 10.1 Å².